The number of halogens is 1. The summed E-state index contributed by atoms with van der Waals surface area (Å²) in [6.45, 7) is 5.89. The van der Waals surface area contributed by atoms with Crippen LogP contribution in [0.5, 0.6) is 5.75 Å². The van der Waals surface area contributed by atoms with Crippen LogP contribution in [0.1, 0.15) is 22.5 Å². The molecule has 0 bridgehead atoms. The average molecular weight is 462 g/mol. The molecule has 3 aromatic carbocycles. The van der Waals surface area contributed by atoms with Crippen molar-refractivity contribution in [3.8, 4) is 5.75 Å². The van der Waals surface area contributed by atoms with Gasteiger partial charge in [-0.05, 0) is 55.3 Å². The molecular formula is C27H28ClN3O2. The van der Waals surface area contributed by atoms with Crippen molar-refractivity contribution >= 4 is 28.5 Å². The van der Waals surface area contributed by atoms with Crippen molar-refractivity contribution in [3.63, 3.8) is 0 Å². The number of carbonyl (C=O) groups excluding carboxylic acids is 1. The lowest BCUT2D eigenvalue weighted by Gasteiger charge is -2.13. The van der Waals surface area contributed by atoms with E-state index in [4.69, 9.17) is 21.3 Å². The summed E-state index contributed by atoms with van der Waals surface area (Å²) in [5.74, 6) is 1.83. The van der Waals surface area contributed by atoms with E-state index in [0.29, 0.717) is 37.6 Å². The highest BCUT2D eigenvalue weighted by Crippen LogP contribution is 2.20. The predicted octanol–water partition coefficient (Wildman–Crippen LogP) is 5.29. The summed E-state index contributed by atoms with van der Waals surface area (Å²) in [4.78, 5) is 17.1. The van der Waals surface area contributed by atoms with Crippen LogP contribution in [0.25, 0.3) is 11.0 Å². The van der Waals surface area contributed by atoms with Crippen LogP contribution >= 0.6 is 11.6 Å². The summed E-state index contributed by atoms with van der Waals surface area (Å²) in [5.41, 5.74) is 5.32. The van der Waals surface area contributed by atoms with Crippen LogP contribution in [0.3, 0.4) is 0 Å². The van der Waals surface area contributed by atoms with Gasteiger partial charge in [-0.3, -0.25) is 4.79 Å². The Kier molecular flexibility index (Phi) is 7.30. The minimum absolute atomic E-state index is 0.0156. The van der Waals surface area contributed by atoms with Gasteiger partial charge in [0, 0.05) is 18.0 Å². The van der Waals surface area contributed by atoms with E-state index in [-0.39, 0.29) is 5.91 Å². The second-order valence-electron chi connectivity index (χ2n) is 8.19. The summed E-state index contributed by atoms with van der Waals surface area (Å²) in [6, 6.07) is 21.6. The Bertz CT molecular complexity index is 1250. The molecule has 6 heteroatoms. The minimum Gasteiger partial charge on any atom is -0.491 e. The Labute approximate surface area is 199 Å². The number of aromatic nitrogens is 2. The Hall–Kier alpha value is -3.31. The van der Waals surface area contributed by atoms with Gasteiger partial charge < -0.3 is 14.6 Å². The number of hydrogen-bond donors (Lipinski definition) is 1. The number of ether oxygens (including phenoxy) is 1. The third kappa shape index (κ3) is 5.93. The molecule has 1 N–H and O–H groups in total. The number of aryl methyl sites for hydroxylation is 2. The van der Waals surface area contributed by atoms with E-state index in [2.05, 4.69) is 41.9 Å². The molecular weight excluding hydrogens is 434 g/mol. The topological polar surface area (TPSA) is 56.1 Å². The third-order valence-corrected chi connectivity index (χ3v) is 5.84. The fourth-order valence-corrected chi connectivity index (χ4v) is 4.06. The van der Waals surface area contributed by atoms with E-state index in [1.807, 2.05) is 36.4 Å². The third-order valence-electron chi connectivity index (χ3n) is 5.59. The van der Waals surface area contributed by atoms with Crippen molar-refractivity contribution in [1.29, 1.82) is 0 Å². The summed E-state index contributed by atoms with van der Waals surface area (Å²) in [5, 5.41) is 3.67. The Morgan fingerprint density at radius 2 is 1.85 bits per heavy atom. The summed E-state index contributed by atoms with van der Waals surface area (Å²) in [7, 11) is 0. The zero-order chi connectivity index (χ0) is 23.2. The maximum Gasteiger partial charge on any atom is 0.224 e. The number of benzene rings is 3. The lowest BCUT2D eigenvalue weighted by Crippen LogP contribution is -2.28. The quantitative estimate of drug-likeness (QED) is 0.368. The highest BCUT2D eigenvalue weighted by molar-refractivity contribution is 6.30. The lowest BCUT2D eigenvalue weighted by molar-refractivity contribution is -0.120. The van der Waals surface area contributed by atoms with Gasteiger partial charge in [0.2, 0.25) is 5.91 Å². The normalized spacial score (nSPS) is 11.0. The van der Waals surface area contributed by atoms with Crippen LogP contribution in [0.2, 0.25) is 5.02 Å². The molecule has 1 aromatic heterocycles. The van der Waals surface area contributed by atoms with E-state index in [1.165, 1.54) is 5.56 Å². The van der Waals surface area contributed by atoms with Gasteiger partial charge in [0.1, 0.15) is 18.2 Å². The second-order valence-corrected chi connectivity index (χ2v) is 8.63. The van der Waals surface area contributed by atoms with Crippen LogP contribution in [0.4, 0.5) is 0 Å². The van der Waals surface area contributed by atoms with Gasteiger partial charge >= 0.3 is 0 Å². The molecule has 4 aromatic rings. The number of para-hydroxylation sites is 2. The first-order valence-electron chi connectivity index (χ1n) is 11.1. The number of rotatable bonds is 9. The van der Waals surface area contributed by atoms with Crippen molar-refractivity contribution in [1.82, 2.24) is 14.9 Å². The largest absolute Gasteiger partial charge is 0.491 e. The van der Waals surface area contributed by atoms with E-state index in [1.54, 1.807) is 12.1 Å². The average Bonchev–Trinajstić information content (AvgIpc) is 3.14. The Morgan fingerprint density at radius 1 is 1.06 bits per heavy atom. The maximum atomic E-state index is 12.3. The first kappa shape index (κ1) is 22.9. The van der Waals surface area contributed by atoms with Crippen molar-refractivity contribution in [3.05, 3.63) is 94.3 Å². The molecule has 170 valence electrons. The fourth-order valence-electron chi connectivity index (χ4n) is 3.94. The Balaban J connectivity index is 1.38. The molecule has 1 heterocycles. The summed E-state index contributed by atoms with van der Waals surface area (Å²) >= 11 is 5.91. The molecule has 0 spiro atoms. The minimum atomic E-state index is -0.0156. The number of imidazole rings is 1. The molecule has 0 unspecified atom stereocenters. The maximum absolute atomic E-state index is 12.3. The standard InChI is InChI=1S/C27H28ClN3O2/c1-19-7-12-25(20(2)17-19)33-16-15-31-24-6-4-3-5-23(24)30-26(31)13-14-29-27(32)18-21-8-10-22(28)11-9-21/h3-12,17H,13-16,18H2,1-2H3,(H,29,32). The molecule has 0 saturated carbocycles. The van der Waals surface area contributed by atoms with E-state index in [9.17, 15) is 4.79 Å². The monoisotopic (exact) mass is 461 g/mol. The number of fused-ring (bicyclic) bond motifs is 1. The van der Waals surface area contributed by atoms with Gasteiger partial charge in [-0.15, -0.1) is 0 Å². The van der Waals surface area contributed by atoms with E-state index >= 15 is 0 Å². The predicted molar refractivity (Wildman–Crippen MR) is 133 cm³/mol. The van der Waals surface area contributed by atoms with Crippen molar-refractivity contribution in [2.45, 2.75) is 33.2 Å². The summed E-state index contributed by atoms with van der Waals surface area (Å²) < 4.78 is 8.24. The van der Waals surface area contributed by atoms with Crippen LogP contribution in [0, 0.1) is 13.8 Å². The highest BCUT2D eigenvalue weighted by Gasteiger charge is 2.12. The first-order valence-corrected chi connectivity index (χ1v) is 11.5. The number of hydrogen-bond acceptors (Lipinski definition) is 3. The van der Waals surface area contributed by atoms with Gasteiger partial charge in [-0.25, -0.2) is 4.98 Å². The SMILES string of the molecule is Cc1ccc(OCCn2c(CCNC(=O)Cc3ccc(Cl)cc3)nc3ccccc32)c(C)c1. The molecule has 0 atom stereocenters. The highest BCUT2D eigenvalue weighted by atomic mass is 35.5. The molecule has 0 aliphatic carbocycles. The van der Waals surface area contributed by atoms with Crippen molar-refractivity contribution in [2.75, 3.05) is 13.2 Å². The molecule has 0 aliphatic rings. The van der Waals surface area contributed by atoms with Crippen molar-refractivity contribution in [2.24, 2.45) is 0 Å². The van der Waals surface area contributed by atoms with Gasteiger partial charge in [0.15, 0.2) is 0 Å². The molecule has 1 amide bonds. The molecule has 0 fully saturated rings. The van der Waals surface area contributed by atoms with Gasteiger partial charge in [0.05, 0.1) is 24.0 Å². The molecule has 0 aliphatic heterocycles. The van der Waals surface area contributed by atoms with Gasteiger partial charge in [-0.2, -0.15) is 0 Å². The molecule has 33 heavy (non-hydrogen) atoms. The van der Waals surface area contributed by atoms with Crippen LogP contribution in [-0.2, 0) is 24.2 Å². The number of nitrogens with one attached hydrogen (secondary N) is 1. The molecule has 4 rings (SSSR count). The molecule has 0 radical (unpaired) electrons. The molecule has 5 nitrogen and oxygen atoms in total. The number of carbonyl (C=O) groups is 1. The van der Waals surface area contributed by atoms with Crippen molar-refractivity contribution < 1.29 is 9.53 Å². The number of amides is 1. The van der Waals surface area contributed by atoms with Crippen LogP contribution < -0.4 is 10.1 Å². The fraction of sp³-hybridized carbons (Fsp3) is 0.259. The lowest BCUT2D eigenvalue weighted by atomic mass is 10.1. The zero-order valence-corrected chi connectivity index (χ0v) is 19.7. The molecule has 0 saturated heterocycles. The van der Waals surface area contributed by atoms with Crippen LogP contribution in [0.15, 0.2) is 66.7 Å². The number of nitrogens with zero attached hydrogens (tertiary/aromatic N) is 2. The zero-order valence-electron chi connectivity index (χ0n) is 19.0. The van der Waals surface area contributed by atoms with Gasteiger partial charge in [0.25, 0.3) is 0 Å². The second kappa shape index (κ2) is 10.5. The smallest absolute Gasteiger partial charge is 0.224 e. The van der Waals surface area contributed by atoms with Gasteiger partial charge in [-0.1, -0.05) is 53.6 Å². The first-order chi connectivity index (χ1) is 16.0. The van der Waals surface area contributed by atoms with E-state index in [0.717, 1.165) is 33.7 Å². The van der Waals surface area contributed by atoms with Crippen LogP contribution in [-0.4, -0.2) is 28.6 Å². The van der Waals surface area contributed by atoms with E-state index < -0.39 is 0 Å². The Morgan fingerprint density at radius 3 is 2.64 bits per heavy atom. The summed E-state index contributed by atoms with van der Waals surface area (Å²) in [6.07, 6.45) is 0.974.